The zero-order chi connectivity index (χ0) is 13.1. The molecule has 0 aromatic heterocycles. The number of hydrogen-bond acceptors (Lipinski definition) is 3. The van der Waals surface area contributed by atoms with Crippen LogP contribution in [0, 0.1) is 0 Å². The molecule has 0 heterocycles. The molecule has 17 heavy (non-hydrogen) atoms. The molecule has 0 unspecified atom stereocenters. The fraction of sp³-hybridized carbons (Fsp3) is 0.923. The summed E-state index contributed by atoms with van der Waals surface area (Å²) in [5.74, 6) is 0. The molecule has 4 heteroatoms. The molecule has 0 saturated carbocycles. The smallest absolute Gasteiger partial charge is 0.490 e. The van der Waals surface area contributed by atoms with Gasteiger partial charge >= 0.3 is 6.16 Å². The average molecular weight is 260 g/mol. The Morgan fingerprint density at radius 2 is 1.47 bits per heavy atom. The van der Waals surface area contributed by atoms with Crippen LogP contribution in [0.5, 0.6) is 0 Å². The van der Waals surface area contributed by atoms with Crippen molar-refractivity contribution in [3.8, 4) is 0 Å². The van der Waals surface area contributed by atoms with Gasteiger partial charge in [-0.3, -0.25) is 0 Å². The summed E-state index contributed by atoms with van der Waals surface area (Å²) in [7, 11) is -1.79. The van der Waals surface area contributed by atoms with Gasteiger partial charge in [0.15, 0.2) is 0 Å². The van der Waals surface area contributed by atoms with Crippen LogP contribution in [-0.4, -0.2) is 21.1 Å². The lowest BCUT2D eigenvalue weighted by molar-refractivity contribution is 0.0953. The van der Waals surface area contributed by atoms with E-state index in [9.17, 15) is 4.79 Å². The van der Waals surface area contributed by atoms with E-state index in [1.807, 2.05) is 19.6 Å². The van der Waals surface area contributed by atoms with Crippen molar-refractivity contribution < 1.29 is 14.0 Å². The molecule has 0 rings (SSSR count). The number of ether oxygens (including phenoxy) is 1. The topological polar surface area (TPSA) is 35.5 Å². The highest BCUT2D eigenvalue weighted by molar-refractivity contribution is 6.71. The van der Waals surface area contributed by atoms with Gasteiger partial charge in [-0.1, -0.05) is 45.4 Å². The minimum absolute atomic E-state index is 0.491. The zero-order valence-electron chi connectivity index (χ0n) is 11.9. The first kappa shape index (κ1) is 16.5. The van der Waals surface area contributed by atoms with E-state index in [1.54, 1.807) is 0 Å². The minimum atomic E-state index is -1.79. The summed E-state index contributed by atoms with van der Waals surface area (Å²) in [6, 6.07) is 0. The Labute approximate surface area is 107 Å². The maximum atomic E-state index is 11.2. The van der Waals surface area contributed by atoms with E-state index in [2.05, 4.69) is 6.92 Å². The van der Waals surface area contributed by atoms with Gasteiger partial charge in [0.2, 0.25) is 0 Å². The number of carbonyl (C=O) groups is 1. The van der Waals surface area contributed by atoms with Crippen LogP contribution in [0.1, 0.15) is 51.9 Å². The Kier molecular flexibility index (Phi) is 9.22. The van der Waals surface area contributed by atoms with Gasteiger partial charge in [0.05, 0.1) is 6.61 Å². The van der Waals surface area contributed by atoms with Crippen molar-refractivity contribution in [3.05, 3.63) is 0 Å². The fourth-order valence-corrected chi connectivity index (χ4v) is 2.05. The van der Waals surface area contributed by atoms with Crippen molar-refractivity contribution in [2.24, 2.45) is 0 Å². The first-order valence-corrected chi connectivity index (χ1v) is 10.2. The van der Waals surface area contributed by atoms with E-state index in [-0.39, 0.29) is 0 Å². The molecule has 0 radical (unpaired) electrons. The minimum Gasteiger partial charge on any atom is -0.490 e. The van der Waals surface area contributed by atoms with Crippen molar-refractivity contribution in [3.63, 3.8) is 0 Å². The average Bonchev–Trinajstić information content (AvgIpc) is 2.19. The van der Waals surface area contributed by atoms with Crippen molar-refractivity contribution in [1.82, 2.24) is 0 Å². The van der Waals surface area contributed by atoms with Gasteiger partial charge in [0.1, 0.15) is 0 Å². The maximum absolute atomic E-state index is 11.2. The first-order chi connectivity index (χ1) is 7.95. The Morgan fingerprint density at radius 3 is 2.00 bits per heavy atom. The van der Waals surface area contributed by atoms with Crippen LogP contribution in [0.4, 0.5) is 4.79 Å². The third kappa shape index (κ3) is 13.4. The molecule has 0 aliphatic carbocycles. The van der Waals surface area contributed by atoms with E-state index >= 15 is 0 Å². The highest BCUT2D eigenvalue weighted by Gasteiger charge is 2.20. The summed E-state index contributed by atoms with van der Waals surface area (Å²) in [5, 5.41) is 0. The summed E-state index contributed by atoms with van der Waals surface area (Å²) in [6.45, 7) is 8.64. The fourth-order valence-electron chi connectivity index (χ4n) is 1.49. The lowest BCUT2D eigenvalue weighted by atomic mass is 10.1. The number of carbonyl (C=O) groups excluding carboxylic acids is 1. The molecular weight excluding hydrogens is 232 g/mol. The number of rotatable bonds is 9. The Morgan fingerprint density at radius 1 is 0.941 bits per heavy atom. The second-order valence-electron chi connectivity index (χ2n) is 5.43. The molecule has 0 N–H and O–H groups in total. The molecule has 3 nitrogen and oxygen atoms in total. The summed E-state index contributed by atoms with van der Waals surface area (Å²) in [6.07, 6.45) is 8.09. The second kappa shape index (κ2) is 9.51. The van der Waals surface area contributed by atoms with Crippen LogP contribution >= 0.6 is 0 Å². The van der Waals surface area contributed by atoms with Gasteiger partial charge in [-0.15, -0.1) is 0 Å². The van der Waals surface area contributed by atoms with Crippen LogP contribution in [0.3, 0.4) is 0 Å². The van der Waals surface area contributed by atoms with Gasteiger partial charge in [0.25, 0.3) is 8.32 Å². The van der Waals surface area contributed by atoms with E-state index in [4.69, 9.17) is 9.16 Å². The SMILES string of the molecule is CCCCCCCCCOC(=O)O[Si](C)(C)C. The highest BCUT2D eigenvalue weighted by Crippen LogP contribution is 2.08. The van der Waals surface area contributed by atoms with Crippen molar-refractivity contribution in [1.29, 1.82) is 0 Å². The van der Waals surface area contributed by atoms with Gasteiger partial charge in [-0.05, 0) is 26.1 Å². The van der Waals surface area contributed by atoms with E-state index in [0.29, 0.717) is 6.61 Å². The van der Waals surface area contributed by atoms with Crippen molar-refractivity contribution >= 4 is 14.5 Å². The summed E-state index contributed by atoms with van der Waals surface area (Å²) in [4.78, 5) is 11.2. The molecule has 102 valence electrons. The summed E-state index contributed by atoms with van der Waals surface area (Å²) < 4.78 is 10.2. The molecule has 0 fully saturated rings. The zero-order valence-corrected chi connectivity index (χ0v) is 12.9. The van der Waals surface area contributed by atoms with Crippen molar-refractivity contribution in [2.75, 3.05) is 6.61 Å². The van der Waals surface area contributed by atoms with Crippen LogP contribution in [0.25, 0.3) is 0 Å². The Hall–Kier alpha value is -0.513. The summed E-state index contributed by atoms with van der Waals surface area (Å²) >= 11 is 0. The monoisotopic (exact) mass is 260 g/mol. The van der Waals surface area contributed by atoms with Gasteiger partial charge in [-0.2, -0.15) is 0 Å². The third-order valence-corrected chi connectivity index (χ3v) is 3.14. The van der Waals surface area contributed by atoms with E-state index in [1.165, 1.54) is 32.1 Å². The predicted molar refractivity (Wildman–Crippen MR) is 73.8 cm³/mol. The predicted octanol–water partition coefficient (Wildman–Crippen LogP) is 4.73. The molecule has 0 amide bonds. The van der Waals surface area contributed by atoms with Crippen LogP contribution in [0.15, 0.2) is 0 Å². The normalized spacial score (nSPS) is 11.3. The second-order valence-corrected chi connectivity index (χ2v) is 9.86. The number of unbranched alkanes of at least 4 members (excludes halogenated alkanes) is 6. The number of hydrogen-bond donors (Lipinski definition) is 0. The van der Waals surface area contributed by atoms with E-state index in [0.717, 1.165) is 12.8 Å². The molecule has 0 bridgehead atoms. The molecule has 0 aromatic carbocycles. The molecular formula is C13H28O3Si. The highest BCUT2D eigenvalue weighted by atomic mass is 28.4. The van der Waals surface area contributed by atoms with Gasteiger partial charge in [-0.25, -0.2) is 4.79 Å². The summed E-state index contributed by atoms with van der Waals surface area (Å²) in [5.41, 5.74) is 0. The maximum Gasteiger partial charge on any atom is 0.494 e. The first-order valence-electron chi connectivity index (χ1n) is 6.81. The third-order valence-electron chi connectivity index (χ3n) is 2.36. The van der Waals surface area contributed by atoms with Gasteiger partial charge < -0.3 is 9.16 Å². The van der Waals surface area contributed by atoms with E-state index < -0.39 is 14.5 Å². The molecule has 0 spiro atoms. The molecule has 0 aromatic rings. The Balaban J connectivity index is 3.25. The van der Waals surface area contributed by atoms with Crippen LogP contribution < -0.4 is 0 Å². The molecule has 0 aliphatic heterocycles. The Bertz CT molecular complexity index is 199. The van der Waals surface area contributed by atoms with Crippen molar-refractivity contribution in [2.45, 2.75) is 71.5 Å². The lowest BCUT2D eigenvalue weighted by Gasteiger charge is -2.16. The standard InChI is InChI=1S/C13H28O3Si/c1-5-6-7-8-9-10-11-12-15-13(14)16-17(2,3)4/h5-12H2,1-4H3. The lowest BCUT2D eigenvalue weighted by Crippen LogP contribution is -2.29. The van der Waals surface area contributed by atoms with Crippen LogP contribution in [-0.2, 0) is 9.16 Å². The molecule has 0 atom stereocenters. The van der Waals surface area contributed by atoms with Crippen LogP contribution in [0.2, 0.25) is 19.6 Å². The van der Waals surface area contributed by atoms with Gasteiger partial charge in [0, 0.05) is 0 Å². The molecule has 0 aliphatic rings. The molecule has 0 saturated heterocycles. The quantitative estimate of drug-likeness (QED) is 0.342. The largest absolute Gasteiger partial charge is 0.494 e.